The molecule has 2 aromatic carbocycles. The molecular formula is C18H22ClFN2O2. The lowest BCUT2D eigenvalue weighted by molar-refractivity contribution is 0.153. The molecule has 1 saturated heterocycles. The van der Waals surface area contributed by atoms with Gasteiger partial charge in [-0.3, -0.25) is 4.90 Å². The minimum Gasteiger partial charge on any atom is -0.504 e. The fourth-order valence-electron chi connectivity index (χ4n) is 3.05. The third kappa shape index (κ3) is 4.17. The third-order valence-corrected chi connectivity index (χ3v) is 4.22. The zero-order valence-electron chi connectivity index (χ0n) is 13.5. The summed E-state index contributed by atoms with van der Waals surface area (Å²) in [6, 6.07) is 12.3. The summed E-state index contributed by atoms with van der Waals surface area (Å²) in [6.07, 6.45) is 0. The Bertz CT molecular complexity index is 684. The summed E-state index contributed by atoms with van der Waals surface area (Å²) in [6.45, 7) is 3.24. The molecule has 0 bridgehead atoms. The number of nitrogens with one attached hydrogen (secondary N) is 1. The van der Waals surface area contributed by atoms with Gasteiger partial charge in [-0.25, -0.2) is 4.39 Å². The molecule has 0 spiro atoms. The lowest BCUT2D eigenvalue weighted by atomic mass is 10.0. The van der Waals surface area contributed by atoms with E-state index in [9.17, 15) is 9.50 Å². The van der Waals surface area contributed by atoms with Gasteiger partial charge >= 0.3 is 0 Å². The Hall–Kier alpha value is -1.82. The fourth-order valence-corrected chi connectivity index (χ4v) is 3.05. The van der Waals surface area contributed by atoms with Crippen molar-refractivity contribution in [3.8, 4) is 11.5 Å². The highest BCUT2D eigenvalue weighted by molar-refractivity contribution is 5.85. The van der Waals surface area contributed by atoms with Crippen LogP contribution in [0.1, 0.15) is 17.2 Å². The van der Waals surface area contributed by atoms with E-state index in [1.165, 1.54) is 13.2 Å². The van der Waals surface area contributed by atoms with Gasteiger partial charge in [0.2, 0.25) is 0 Å². The van der Waals surface area contributed by atoms with Gasteiger partial charge in [0.15, 0.2) is 11.5 Å². The maximum Gasteiger partial charge on any atom is 0.160 e. The third-order valence-electron chi connectivity index (χ3n) is 4.22. The number of ether oxygens (including phenoxy) is 1. The standard InChI is InChI=1S/C18H21FN2O2.ClH/c1-23-18-6-5-13(9-17(18)22)12-21-8-7-20-11-16(21)14-3-2-4-15(19)10-14;/h2-6,9-10,16,20,22H,7-8,11-12H2,1H3;1H. The number of phenolic OH excluding ortho intramolecular Hbond substituents is 1. The Morgan fingerprint density at radius 3 is 2.83 bits per heavy atom. The molecule has 0 amide bonds. The van der Waals surface area contributed by atoms with Crippen LogP contribution in [-0.2, 0) is 6.54 Å². The highest BCUT2D eigenvalue weighted by Gasteiger charge is 2.24. The van der Waals surface area contributed by atoms with Crippen molar-refractivity contribution in [2.24, 2.45) is 0 Å². The first kappa shape index (κ1) is 18.5. The second kappa shape index (κ2) is 8.33. The molecule has 1 atom stereocenters. The number of nitrogens with zero attached hydrogens (tertiary/aromatic N) is 1. The monoisotopic (exact) mass is 352 g/mol. The minimum atomic E-state index is -0.213. The van der Waals surface area contributed by atoms with Gasteiger partial charge in [0.05, 0.1) is 7.11 Å². The van der Waals surface area contributed by atoms with Crippen molar-refractivity contribution in [3.63, 3.8) is 0 Å². The summed E-state index contributed by atoms with van der Waals surface area (Å²) < 4.78 is 18.6. The second-order valence-electron chi connectivity index (χ2n) is 5.75. The van der Waals surface area contributed by atoms with Crippen molar-refractivity contribution in [3.05, 3.63) is 59.4 Å². The Morgan fingerprint density at radius 1 is 1.29 bits per heavy atom. The molecule has 6 heteroatoms. The SMILES string of the molecule is COc1ccc(CN2CCNCC2c2cccc(F)c2)cc1O.Cl. The number of rotatable bonds is 4. The van der Waals surface area contributed by atoms with Crippen LogP contribution < -0.4 is 10.1 Å². The maximum atomic E-state index is 13.5. The zero-order valence-corrected chi connectivity index (χ0v) is 14.4. The number of methoxy groups -OCH3 is 1. The molecule has 1 heterocycles. The number of piperazine rings is 1. The van der Waals surface area contributed by atoms with E-state index < -0.39 is 0 Å². The molecule has 2 aromatic rings. The molecular weight excluding hydrogens is 331 g/mol. The van der Waals surface area contributed by atoms with Crippen LogP contribution in [0.15, 0.2) is 42.5 Å². The molecule has 1 aliphatic heterocycles. The van der Waals surface area contributed by atoms with Crippen LogP contribution in [0.4, 0.5) is 4.39 Å². The highest BCUT2D eigenvalue weighted by atomic mass is 35.5. The van der Waals surface area contributed by atoms with E-state index in [0.717, 1.165) is 30.8 Å². The van der Waals surface area contributed by atoms with Crippen LogP contribution in [0.2, 0.25) is 0 Å². The lowest BCUT2D eigenvalue weighted by Gasteiger charge is -2.36. The second-order valence-corrected chi connectivity index (χ2v) is 5.75. The van der Waals surface area contributed by atoms with E-state index in [2.05, 4.69) is 10.2 Å². The van der Waals surface area contributed by atoms with E-state index in [1.807, 2.05) is 12.1 Å². The summed E-state index contributed by atoms with van der Waals surface area (Å²) in [5.41, 5.74) is 1.97. The van der Waals surface area contributed by atoms with E-state index in [1.54, 1.807) is 24.3 Å². The molecule has 2 N–H and O–H groups in total. The van der Waals surface area contributed by atoms with Gasteiger partial charge in [0.25, 0.3) is 0 Å². The molecule has 3 rings (SSSR count). The van der Waals surface area contributed by atoms with Gasteiger partial charge in [-0.15, -0.1) is 12.4 Å². The summed E-state index contributed by atoms with van der Waals surface area (Å²) >= 11 is 0. The molecule has 1 aliphatic rings. The molecule has 1 unspecified atom stereocenters. The van der Waals surface area contributed by atoms with E-state index >= 15 is 0 Å². The molecule has 4 nitrogen and oxygen atoms in total. The molecule has 0 saturated carbocycles. The smallest absolute Gasteiger partial charge is 0.160 e. The van der Waals surface area contributed by atoms with Gasteiger partial charge in [-0.2, -0.15) is 0 Å². The van der Waals surface area contributed by atoms with Crippen LogP contribution in [0.5, 0.6) is 11.5 Å². The first-order valence-electron chi connectivity index (χ1n) is 7.73. The van der Waals surface area contributed by atoms with Crippen LogP contribution in [0, 0.1) is 5.82 Å². The fraction of sp³-hybridized carbons (Fsp3) is 0.333. The zero-order chi connectivity index (χ0) is 16.2. The number of phenols is 1. The van der Waals surface area contributed by atoms with Gasteiger partial charge in [-0.05, 0) is 35.4 Å². The van der Waals surface area contributed by atoms with Crippen molar-refractivity contribution < 1.29 is 14.2 Å². The topological polar surface area (TPSA) is 44.7 Å². The lowest BCUT2D eigenvalue weighted by Crippen LogP contribution is -2.45. The van der Waals surface area contributed by atoms with Crippen LogP contribution in [0.25, 0.3) is 0 Å². The number of aromatic hydroxyl groups is 1. The summed E-state index contributed by atoms with van der Waals surface area (Å²) in [7, 11) is 1.53. The van der Waals surface area contributed by atoms with Crippen LogP contribution in [-0.4, -0.2) is 36.8 Å². The Kier molecular flexibility index (Phi) is 6.43. The molecule has 0 aliphatic carbocycles. The molecule has 0 radical (unpaired) electrons. The van der Waals surface area contributed by atoms with Gasteiger partial charge in [0.1, 0.15) is 5.82 Å². The summed E-state index contributed by atoms with van der Waals surface area (Å²) in [4.78, 5) is 2.30. The average Bonchev–Trinajstić information content (AvgIpc) is 2.55. The first-order chi connectivity index (χ1) is 11.2. The number of hydrogen-bond donors (Lipinski definition) is 2. The number of hydrogen-bond acceptors (Lipinski definition) is 4. The van der Waals surface area contributed by atoms with Gasteiger partial charge in [0, 0.05) is 32.2 Å². The first-order valence-corrected chi connectivity index (χ1v) is 7.73. The van der Waals surface area contributed by atoms with Crippen molar-refractivity contribution >= 4 is 12.4 Å². The maximum absolute atomic E-state index is 13.5. The number of halogens is 2. The highest BCUT2D eigenvalue weighted by Crippen LogP contribution is 2.29. The van der Waals surface area contributed by atoms with E-state index in [-0.39, 0.29) is 30.0 Å². The van der Waals surface area contributed by atoms with Crippen LogP contribution >= 0.6 is 12.4 Å². The van der Waals surface area contributed by atoms with E-state index in [4.69, 9.17) is 4.74 Å². The number of benzene rings is 2. The summed E-state index contributed by atoms with van der Waals surface area (Å²) in [5, 5.41) is 13.3. The average molecular weight is 353 g/mol. The summed E-state index contributed by atoms with van der Waals surface area (Å²) in [5.74, 6) is 0.397. The molecule has 1 fully saturated rings. The molecule has 24 heavy (non-hydrogen) atoms. The van der Waals surface area contributed by atoms with Crippen molar-refractivity contribution in [2.75, 3.05) is 26.7 Å². The Labute approximate surface area is 147 Å². The Morgan fingerprint density at radius 2 is 2.12 bits per heavy atom. The Balaban J connectivity index is 0.00000208. The predicted molar refractivity (Wildman–Crippen MR) is 94.3 cm³/mol. The predicted octanol–water partition coefficient (Wildman–Crippen LogP) is 3.11. The van der Waals surface area contributed by atoms with Crippen molar-refractivity contribution in [1.29, 1.82) is 0 Å². The normalized spacial score (nSPS) is 18.0. The largest absolute Gasteiger partial charge is 0.504 e. The van der Waals surface area contributed by atoms with Crippen molar-refractivity contribution in [2.45, 2.75) is 12.6 Å². The van der Waals surface area contributed by atoms with E-state index in [0.29, 0.717) is 12.3 Å². The van der Waals surface area contributed by atoms with Crippen molar-refractivity contribution in [1.82, 2.24) is 10.2 Å². The van der Waals surface area contributed by atoms with Crippen LogP contribution in [0.3, 0.4) is 0 Å². The minimum absolute atomic E-state index is 0. The molecule has 0 aromatic heterocycles. The quantitative estimate of drug-likeness (QED) is 0.887. The van der Waals surface area contributed by atoms with Gasteiger partial charge in [-0.1, -0.05) is 18.2 Å². The van der Waals surface area contributed by atoms with Gasteiger partial charge < -0.3 is 15.2 Å². The molecule has 130 valence electrons.